The van der Waals surface area contributed by atoms with Crippen LogP contribution in [-0.4, -0.2) is 89.7 Å². The van der Waals surface area contributed by atoms with E-state index < -0.39 is 11.4 Å². The molecule has 296 valence electrons. The largest absolute Gasteiger partial charge is 0.394 e. The number of hydrogen-bond acceptors (Lipinski definition) is 10. The van der Waals surface area contributed by atoms with Crippen LogP contribution in [0.5, 0.6) is 0 Å². The predicted octanol–water partition coefficient (Wildman–Crippen LogP) is 4.84. The monoisotopic (exact) mass is 782 g/mol. The summed E-state index contributed by atoms with van der Waals surface area (Å²) in [6.45, 7) is 7.93. The van der Waals surface area contributed by atoms with E-state index in [1.807, 2.05) is 12.1 Å². The molecule has 2 aliphatic heterocycles. The fraction of sp³-hybridized carbons (Fsp3) is 0.279. The first-order valence-electron chi connectivity index (χ1n) is 19.4. The number of carbonyl (C=O) groups excluding carboxylic acids is 1. The van der Waals surface area contributed by atoms with Crippen LogP contribution in [0.25, 0.3) is 39.0 Å². The third-order valence-corrected chi connectivity index (χ3v) is 10.9. The molecule has 0 bridgehead atoms. The van der Waals surface area contributed by atoms with Crippen LogP contribution in [0.4, 0.5) is 21.7 Å². The minimum atomic E-state index is -1.20. The number of carbonyl (C=O) groups is 1. The molecule has 58 heavy (non-hydrogen) atoms. The van der Waals surface area contributed by atoms with Gasteiger partial charge >= 0.3 is 0 Å². The number of aromatic nitrogens is 6. The number of pyridine rings is 1. The SMILES string of the molecule is CC(C)(O)c1cccc(-n2c3nc(Nc4ccc(N5CCN(Cc6ccc(-c7[nH]c8cc(F)cc9c8c7CCNC9=O)cc6)CC5)cc4)ncc3c(=O)n2CCO)n1. The van der Waals surface area contributed by atoms with Gasteiger partial charge in [-0.25, -0.2) is 23.7 Å². The molecule has 7 aromatic rings. The van der Waals surface area contributed by atoms with Crippen molar-refractivity contribution in [3.63, 3.8) is 0 Å². The van der Waals surface area contributed by atoms with Gasteiger partial charge in [-0.1, -0.05) is 30.3 Å². The zero-order valence-electron chi connectivity index (χ0n) is 32.2. The molecule has 0 spiro atoms. The standard InChI is InChI=1S/C43H43FN10O4/c1-43(2,58)35-4-3-5-36(49-35)54-39-33(41(57)53(54)20-21-55)24-46-42(50-39)47-29-10-12-30(13-11-29)52-18-16-51(17-19-52)25-26-6-8-27(9-7-26)38-31-14-15-45-40(56)32-22-28(44)23-34(48-38)37(31)32/h3-13,22-24,48,55,58H,14-21,25H2,1-2H3,(H,45,56)(H,46,47,50). The van der Waals surface area contributed by atoms with E-state index in [0.29, 0.717) is 47.2 Å². The van der Waals surface area contributed by atoms with Crippen LogP contribution >= 0.6 is 0 Å². The summed E-state index contributed by atoms with van der Waals surface area (Å²) in [7, 11) is 0. The summed E-state index contributed by atoms with van der Waals surface area (Å²) in [5.74, 6) is -0.00694. The molecule has 1 saturated heterocycles. The van der Waals surface area contributed by atoms with Crippen molar-refractivity contribution in [2.45, 2.75) is 39.0 Å². The van der Waals surface area contributed by atoms with Gasteiger partial charge < -0.3 is 30.7 Å². The highest BCUT2D eigenvalue weighted by molar-refractivity contribution is 6.10. The molecule has 14 nitrogen and oxygen atoms in total. The normalized spacial score (nSPS) is 14.9. The van der Waals surface area contributed by atoms with E-state index in [0.717, 1.165) is 66.3 Å². The smallest absolute Gasteiger partial charge is 0.278 e. The van der Waals surface area contributed by atoms with Gasteiger partial charge in [0.2, 0.25) is 5.95 Å². The van der Waals surface area contributed by atoms with Gasteiger partial charge in [-0.3, -0.25) is 14.5 Å². The number of H-pyrrole nitrogens is 1. The fourth-order valence-corrected chi connectivity index (χ4v) is 8.02. The van der Waals surface area contributed by atoms with Gasteiger partial charge in [-0.05, 0) is 85.5 Å². The van der Waals surface area contributed by atoms with Crippen LogP contribution in [-0.2, 0) is 25.1 Å². The Hall–Kier alpha value is -6.42. The molecule has 0 saturated carbocycles. The molecule has 5 N–H and O–H groups in total. The molecule has 1 fully saturated rings. The summed E-state index contributed by atoms with van der Waals surface area (Å²) in [6.07, 6.45) is 2.14. The van der Waals surface area contributed by atoms with Crippen molar-refractivity contribution in [2.75, 3.05) is 49.5 Å². The van der Waals surface area contributed by atoms with E-state index >= 15 is 0 Å². The Morgan fingerprint density at radius 1 is 0.948 bits per heavy atom. The summed E-state index contributed by atoms with van der Waals surface area (Å²) in [4.78, 5) is 47.9. The zero-order valence-corrected chi connectivity index (χ0v) is 32.2. The molecule has 0 atom stereocenters. The number of nitrogens with one attached hydrogen (secondary N) is 3. The highest BCUT2D eigenvalue weighted by atomic mass is 19.1. The lowest BCUT2D eigenvalue weighted by atomic mass is 9.99. The first-order chi connectivity index (χ1) is 28.0. The topological polar surface area (TPSA) is 169 Å². The number of rotatable bonds is 10. The van der Waals surface area contributed by atoms with Crippen LogP contribution in [0.2, 0.25) is 0 Å². The molecule has 9 rings (SSSR count). The van der Waals surface area contributed by atoms with Gasteiger partial charge in [0, 0.05) is 73.4 Å². The van der Waals surface area contributed by atoms with Gasteiger partial charge in [0.15, 0.2) is 11.5 Å². The minimum absolute atomic E-state index is 0.0255. The quantitative estimate of drug-likeness (QED) is 0.130. The van der Waals surface area contributed by atoms with Crippen LogP contribution in [0.1, 0.15) is 41.0 Å². The average Bonchev–Trinajstić information content (AvgIpc) is 3.65. The van der Waals surface area contributed by atoms with Crippen molar-refractivity contribution < 1.29 is 19.4 Å². The maximum Gasteiger partial charge on any atom is 0.278 e. The summed E-state index contributed by atoms with van der Waals surface area (Å²) >= 11 is 0. The Morgan fingerprint density at radius 2 is 1.72 bits per heavy atom. The summed E-state index contributed by atoms with van der Waals surface area (Å²) in [5.41, 5.74) is 6.27. The van der Waals surface area contributed by atoms with Crippen molar-refractivity contribution in [1.82, 2.24) is 39.5 Å². The summed E-state index contributed by atoms with van der Waals surface area (Å²) < 4.78 is 17.3. The number of halogens is 1. The van der Waals surface area contributed by atoms with Crippen LogP contribution in [0, 0.1) is 5.82 Å². The fourth-order valence-electron chi connectivity index (χ4n) is 8.02. The first-order valence-corrected chi connectivity index (χ1v) is 19.4. The third kappa shape index (κ3) is 6.97. The van der Waals surface area contributed by atoms with Crippen molar-refractivity contribution in [2.24, 2.45) is 0 Å². The Balaban J connectivity index is 0.852. The third-order valence-electron chi connectivity index (χ3n) is 10.9. The Labute approximate surface area is 332 Å². The van der Waals surface area contributed by atoms with Crippen LogP contribution in [0.3, 0.4) is 0 Å². The van der Waals surface area contributed by atoms with E-state index in [-0.39, 0.29) is 30.0 Å². The molecule has 1 amide bonds. The second kappa shape index (κ2) is 14.8. The van der Waals surface area contributed by atoms with Crippen molar-refractivity contribution >= 4 is 45.2 Å². The minimum Gasteiger partial charge on any atom is -0.394 e. The number of benzene rings is 3. The Bertz CT molecular complexity index is 2730. The van der Waals surface area contributed by atoms with E-state index in [2.05, 4.69) is 71.8 Å². The molecule has 3 aromatic carbocycles. The van der Waals surface area contributed by atoms with Crippen LogP contribution < -0.4 is 21.1 Å². The van der Waals surface area contributed by atoms with Gasteiger partial charge in [-0.15, -0.1) is 0 Å². The number of nitrogens with zero attached hydrogens (tertiary/aromatic N) is 7. The molecule has 0 radical (unpaired) electrons. The molecule has 0 aliphatic carbocycles. The van der Waals surface area contributed by atoms with E-state index in [1.165, 1.54) is 28.6 Å². The lowest BCUT2D eigenvalue weighted by Crippen LogP contribution is -2.45. The number of amides is 1. The second-order valence-corrected chi connectivity index (χ2v) is 15.3. The first kappa shape index (κ1) is 37.2. The van der Waals surface area contributed by atoms with Gasteiger partial charge in [0.25, 0.3) is 11.5 Å². The molecular formula is C43H43FN10O4. The summed E-state index contributed by atoms with van der Waals surface area (Å²) in [6, 6.07) is 24.5. The average molecular weight is 783 g/mol. The number of piperazine rings is 1. The van der Waals surface area contributed by atoms with Gasteiger partial charge in [0.1, 0.15) is 16.8 Å². The number of fused-ring (bicyclic) bond motifs is 1. The van der Waals surface area contributed by atoms with Crippen molar-refractivity contribution in [1.29, 1.82) is 0 Å². The molecule has 6 heterocycles. The number of anilines is 3. The molecule has 0 unspecified atom stereocenters. The maximum absolute atomic E-state index is 14.4. The van der Waals surface area contributed by atoms with Gasteiger partial charge in [-0.2, -0.15) is 4.98 Å². The van der Waals surface area contributed by atoms with E-state index in [4.69, 9.17) is 4.98 Å². The van der Waals surface area contributed by atoms with E-state index in [1.54, 1.807) is 36.7 Å². The lowest BCUT2D eigenvalue weighted by molar-refractivity contribution is 0.0737. The van der Waals surface area contributed by atoms with Crippen molar-refractivity contribution in [3.8, 4) is 17.1 Å². The number of aliphatic hydroxyl groups excluding tert-OH is 1. The lowest BCUT2D eigenvalue weighted by Gasteiger charge is -2.36. The second-order valence-electron chi connectivity index (χ2n) is 15.3. The van der Waals surface area contributed by atoms with Crippen LogP contribution in [0.15, 0.2) is 89.9 Å². The van der Waals surface area contributed by atoms with E-state index in [9.17, 15) is 24.2 Å². The molecule has 2 aliphatic rings. The number of hydrogen-bond donors (Lipinski definition) is 5. The Morgan fingerprint density at radius 3 is 2.47 bits per heavy atom. The number of aliphatic hydroxyl groups is 2. The van der Waals surface area contributed by atoms with Gasteiger partial charge in [0.05, 0.1) is 24.4 Å². The highest BCUT2D eigenvalue weighted by Crippen LogP contribution is 2.35. The predicted molar refractivity (Wildman–Crippen MR) is 220 cm³/mol. The molecule has 15 heteroatoms. The molecular weight excluding hydrogens is 740 g/mol. The Kier molecular flexibility index (Phi) is 9.50. The summed E-state index contributed by atoms with van der Waals surface area (Å²) in [5, 5.41) is 27.6. The zero-order chi connectivity index (χ0) is 40.1. The number of aromatic amines is 1. The highest BCUT2D eigenvalue weighted by Gasteiger charge is 2.25. The molecule has 4 aromatic heterocycles. The maximum atomic E-state index is 14.4. The van der Waals surface area contributed by atoms with Crippen molar-refractivity contribution in [3.05, 3.63) is 124 Å².